The molecule has 0 aliphatic carbocycles. The van der Waals surface area contributed by atoms with Crippen LogP contribution < -0.4 is 10.4 Å². The summed E-state index contributed by atoms with van der Waals surface area (Å²) in [5.41, 5.74) is 6.52. The van der Waals surface area contributed by atoms with Crippen LogP contribution in [0, 0.1) is 0 Å². The summed E-state index contributed by atoms with van der Waals surface area (Å²) < 4.78 is 0. The molecule has 28 heavy (non-hydrogen) atoms. The number of carbonyl (C=O) groups excluding carboxylic acids is 1. The first-order valence-electron chi connectivity index (χ1n) is 10.1. The van der Waals surface area contributed by atoms with Gasteiger partial charge in [0, 0.05) is 36.9 Å². The van der Waals surface area contributed by atoms with Crippen molar-refractivity contribution in [1.29, 1.82) is 0 Å². The minimum absolute atomic E-state index is 0.300. The summed E-state index contributed by atoms with van der Waals surface area (Å²) in [6.07, 6.45) is 6.37. The first-order valence-corrected chi connectivity index (χ1v) is 10.1. The number of carbonyl (C=O) groups is 1. The maximum Gasteiger partial charge on any atom is 0.243 e. The minimum atomic E-state index is -0.300. The third-order valence-corrected chi connectivity index (χ3v) is 5.21. The number of anilines is 1. The third kappa shape index (κ3) is 5.14. The zero-order valence-corrected chi connectivity index (χ0v) is 16.4. The number of aromatic nitrogens is 1. The summed E-state index contributed by atoms with van der Waals surface area (Å²) in [5.74, 6) is -0.300. The normalized spacial score (nSPS) is 10.9. The number of benzene rings is 2. The van der Waals surface area contributed by atoms with Crippen molar-refractivity contribution in [1.82, 2.24) is 10.5 Å². The van der Waals surface area contributed by atoms with Crippen molar-refractivity contribution in [2.75, 3.05) is 18.0 Å². The molecular weight excluding hydrogens is 350 g/mol. The molecule has 0 aliphatic heterocycles. The molecule has 5 nitrogen and oxygen atoms in total. The number of fused-ring (bicyclic) bond motifs is 1. The van der Waals surface area contributed by atoms with Gasteiger partial charge in [-0.2, -0.15) is 0 Å². The fourth-order valence-corrected chi connectivity index (χ4v) is 3.56. The van der Waals surface area contributed by atoms with Crippen molar-refractivity contribution in [3.05, 3.63) is 54.7 Å². The van der Waals surface area contributed by atoms with Gasteiger partial charge < -0.3 is 9.88 Å². The van der Waals surface area contributed by atoms with Crippen molar-refractivity contribution >= 4 is 22.5 Å². The molecule has 1 amide bonds. The predicted molar refractivity (Wildman–Crippen MR) is 115 cm³/mol. The molecule has 0 unspecified atom stereocenters. The average molecular weight is 380 g/mol. The van der Waals surface area contributed by atoms with Crippen LogP contribution in [-0.4, -0.2) is 29.2 Å². The van der Waals surface area contributed by atoms with Gasteiger partial charge in [-0.3, -0.25) is 10.0 Å². The summed E-state index contributed by atoms with van der Waals surface area (Å²) in [6, 6.07) is 17.4. The third-order valence-electron chi connectivity index (χ3n) is 5.21. The van der Waals surface area contributed by atoms with Crippen LogP contribution in [-0.2, 0) is 4.79 Å². The molecule has 1 heterocycles. The van der Waals surface area contributed by atoms with Gasteiger partial charge in [-0.05, 0) is 60.5 Å². The van der Waals surface area contributed by atoms with Crippen molar-refractivity contribution < 1.29 is 10.0 Å². The molecule has 0 saturated carbocycles. The van der Waals surface area contributed by atoms with E-state index in [0.717, 1.165) is 44.3 Å². The van der Waals surface area contributed by atoms with E-state index in [1.165, 1.54) is 22.2 Å². The van der Waals surface area contributed by atoms with Gasteiger partial charge in [-0.1, -0.05) is 37.1 Å². The van der Waals surface area contributed by atoms with E-state index in [2.05, 4.69) is 65.3 Å². The molecule has 0 spiro atoms. The van der Waals surface area contributed by atoms with E-state index < -0.39 is 0 Å². The van der Waals surface area contributed by atoms with Crippen molar-refractivity contribution in [3.8, 4) is 11.1 Å². The molecule has 3 aromatic rings. The van der Waals surface area contributed by atoms with Crippen LogP contribution in [0.4, 0.5) is 5.69 Å². The molecule has 3 N–H and O–H groups in total. The Morgan fingerprint density at radius 3 is 2.50 bits per heavy atom. The van der Waals surface area contributed by atoms with E-state index in [0.29, 0.717) is 6.42 Å². The van der Waals surface area contributed by atoms with E-state index in [1.807, 2.05) is 6.20 Å². The van der Waals surface area contributed by atoms with Gasteiger partial charge in [0.1, 0.15) is 0 Å². The van der Waals surface area contributed by atoms with Crippen LogP contribution in [0.5, 0.6) is 0 Å². The second-order valence-corrected chi connectivity index (χ2v) is 7.11. The molecule has 5 heteroatoms. The maximum atomic E-state index is 11.0. The number of hydrogen-bond acceptors (Lipinski definition) is 3. The molecule has 0 atom stereocenters. The molecule has 2 aromatic carbocycles. The molecule has 148 valence electrons. The Kier molecular flexibility index (Phi) is 7.09. The first-order chi connectivity index (χ1) is 13.7. The second kappa shape index (κ2) is 9.95. The van der Waals surface area contributed by atoms with E-state index in [-0.39, 0.29) is 5.91 Å². The summed E-state index contributed by atoms with van der Waals surface area (Å²) >= 11 is 0. The van der Waals surface area contributed by atoms with Crippen LogP contribution >= 0.6 is 0 Å². The number of unbranched alkanes of at least 4 members (excludes halogenated alkanes) is 3. The predicted octanol–water partition coefficient (Wildman–Crippen LogP) is 5.12. The standard InChI is InChI=1S/C23H29N3O2/c1-2-26(16-6-4-3-5-7-23(27)25-28)21-12-10-18(11-13-21)20-9-8-19-14-15-24-22(19)17-20/h8-15,17,24,28H,2-7,16H2,1H3,(H,25,27). The maximum absolute atomic E-state index is 11.0. The van der Waals surface area contributed by atoms with E-state index in [9.17, 15) is 4.79 Å². The van der Waals surface area contributed by atoms with Crippen LogP contribution in [0.2, 0.25) is 0 Å². The minimum Gasteiger partial charge on any atom is -0.372 e. The Hall–Kier alpha value is -2.79. The Morgan fingerprint density at radius 2 is 1.75 bits per heavy atom. The number of aromatic amines is 1. The number of nitrogens with one attached hydrogen (secondary N) is 2. The Labute approximate surface area is 166 Å². The highest BCUT2D eigenvalue weighted by Crippen LogP contribution is 2.26. The van der Waals surface area contributed by atoms with Gasteiger partial charge in [0.15, 0.2) is 0 Å². The zero-order valence-electron chi connectivity index (χ0n) is 16.4. The molecule has 0 aliphatic rings. The van der Waals surface area contributed by atoms with Crippen LogP contribution in [0.1, 0.15) is 39.0 Å². The fraction of sp³-hybridized carbons (Fsp3) is 0.348. The van der Waals surface area contributed by atoms with Gasteiger partial charge in [0.05, 0.1) is 0 Å². The second-order valence-electron chi connectivity index (χ2n) is 7.11. The first kappa shape index (κ1) is 20.0. The molecule has 3 rings (SSSR count). The highest BCUT2D eigenvalue weighted by molar-refractivity contribution is 5.85. The SMILES string of the molecule is CCN(CCCCCCC(=O)NO)c1ccc(-c2ccc3cc[nH]c3c2)cc1. The average Bonchev–Trinajstić information content (AvgIpc) is 3.21. The number of nitrogens with zero attached hydrogens (tertiary/aromatic N) is 1. The lowest BCUT2D eigenvalue weighted by molar-refractivity contribution is -0.129. The van der Waals surface area contributed by atoms with E-state index in [4.69, 9.17) is 5.21 Å². The molecular formula is C23H29N3O2. The van der Waals surface area contributed by atoms with Crippen LogP contribution in [0.15, 0.2) is 54.7 Å². The molecule has 0 bridgehead atoms. The molecule has 0 radical (unpaired) electrons. The number of H-pyrrole nitrogens is 1. The van der Waals surface area contributed by atoms with E-state index in [1.54, 1.807) is 5.48 Å². The zero-order chi connectivity index (χ0) is 19.8. The number of hydroxylamine groups is 1. The highest BCUT2D eigenvalue weighted by Gasteiger charge is 2.06. The van der Waals surface area contributed by atoms with Crippen molar-refractivity contribution in [2.45, 2.75) is 39.0 Å². The topological polar surface area (TPSA) is 68.4 Å². The number of rotatable bonds is 10. The van der Waals surface area contributed by atoms with Gasteiger partial charge in [-0.15, -0.1) is 0 Å². The van der Waals surface area contributed by atoms with Crippen molar-refractivity contribution in [2.24, 2.45) is 0 Å². The van der Waals surface area contributed by atoms with E-state index >= 15 is 0 Å². The largest absolute Gasteiger partial charge is 0.372 e. The summed E-state index contributed by atoms with van der Waals surface area (Å²) in [7, 11) is 0. The van der Waals surface area contributed by atoms with Gasteiger partial charge >= 0.3 is 0 Å². The fourth-order valence-electron chi connectivity index (χ4n) is 3.56. The number of hydrogen-bond donors (Lipinski definition) is 3. The Bertz CT molecular complexity index is 886. The quantitative estimate of drug-likeness (QED) is 0.260. The van der Waals surface area contributed by atoms with Gasteiger partial charge in [-0.25, -0.2) is 5.48 Å². The monoisotopic (exact) mass is 379 g/mol. The smallest absolute Gasteiger partial charge is 0.243 e. The Morgan fingerprint density at radius 1 is 1.00 bits per heavy atom. The lowest BCUT2D eigenvalue weighted by Crippen LogP contribution is -2.23. The highest BCUT2D eigenvalue weighted by atomic mass is 16.5. The number of amides is 1. The van der Waals surface area contributed by atoms with Gasteiger partial charge in [0.2, 0.25) is 5.91 Å². The Balaban J connectivity index is 1.52. The summed E-state index contributed by atoms with van der Waals surface area (Å²) in [6.45, 7) is 4.16. The van der Waals surface area contributed by atoms with Gasteiger partial charge in [0.25, 0.3) is 0 Å². The summed E-state index contributed by atoms with van der Waals surface area (Å²) in [4.78, 5) is 16.7. The molecule has 1 aromatic heterocycles. The molecule has 0 fully saturated rings. The van der Waals surface area contributed by atoms with Crippen molar-refractivity contribution in [3.63, 3.8) is 0 Å². The lowest BCUT2D eigenvalue weighted by Gasteiger charge is -2.23. The van der Waals surface area contributed by atoms with Crippen LogP contribution in [0.3, 0.4) is 0 Å². The lowest BCUT2D eigenvalue weighted by atomic mass is 10.0. The summed E-state index contributed by atoms with van der Waals surface area (Å²) in [5, 5.41) is 9.72. The van der Waals surface area contributed by atoms with Crippen LogP contribution in [0.25, 0.3) is 22.0 Å². The molecule has 0 saturated heterocycles.